The SMILES string of the molecule is CCCCCCN(C(=O)[C@@H](NC(=O)[C@H]1CCCCN1C)[C@@H](C)CC)[C@H](C[C@@H](OCC)c1nc(C(=O)N[C@@H](Cc2ccc(NC(=O)OCc3ccc(NC(=O)[C@H](CCCNC(N)=O)NC(=O)[C@@H](N)C(C)C)cc3)cc2)CC(C)(C)C(=O)O)cs1)C(C)C. The Balaban J connectivity index is 1.44. The number of rotatable bonds is 36. The Morgan fingerprint density at radius 1 is 0.837 bits per heavy atom. The highest BCUT2D eigenvalue weighted by molar-refractivity contribution is 7.09. The number of hydrogen-bond acceptors (Lipinski definition) is 14. The van der Waals surface area contributed by atoms with Gasteiger partial charge in [-0.25, -0.2) is 14.6 Å². The van der Waals surface area contributed by atoms with Gasteiger partial charge in [0.2, 0.25) is 23.6 Å². The van der Waals surface area contributed by atoms with Gasteiger partial charge in [-0.3, -0.25) is 39.0 Å². The number of primary amides is 1. The molecule has 0 aliphatic carbocycles. The number of piperidine rings is 1. The third kappa shape index (κ3) is 23.2. The van der Waals surface area contributed by atoms with Crippen LogP contribution in [0.15, 0.2) is 53.9 Å². The topological polar surface area (TPSA) is 319 Å². The van der Waals surface area contributed by atoms with E-state index in [9.17, 15) is 38.7 Å². The highest BCUT2D eigenvalue weighted by atomic mass is 32.1. The van der Waals surface area contributed by atoms with Crippen molar-refractivity contribution in [3.8, 4) is 0 Å². The number of unbranched alkanes of at least 4 members (excludes halogenated alkanes) is 3. The van der Waals surface area contributed by atoms with E-state index >= 15 is 4.79 Å². The van der Waals surface area contributed by atoms with Crippen molar-refractivity contribution < 1.29 is 52.9 Å². The monoisotopic (exact) mass is 1220 g/mol. The van der Waals surface area contributed by atoms with Crippen LogP contribution in [-0.4, -0.2) is 137 Å². The second kappa shape index (κ2) is 35.8. The van der Waals surface area contributed by atoms with Crippen molar-refractivity contribution in [1.82, 2.24) is 36.1 Å². The number of likely N-dealkylation sites (tertiary alicyclic amines) is 1. The lowest BCUT2D eigenvalue weighted by Gasteiger charge is -2.40. The predicted octanol–water partition coefficient (Wildman–Crippen LogP) is 8.51. The third-order valence-electron chi connectivity index (χ3n) is 16.0. The van der Waals surface area contributed by atoms with E-state index in [4.69, 9.17) is 25.9 Å². The molecule has 0 unspecified atom stereocenters. The molecule has 1 saturated heterocycles. The van der Waals surface area contributed by atoms with E-state index in [2.05, 4.69) is 57.6 Å². The molecule has 3 aromatic rings. The number of hydrogen-bond donors (Lipinski definition) is 9. The maximum absolute atomic E-state index is 15.0. The van der Waals surface area contributed by atoms with Crippen LogP contribution in [0.25, 0.3) is 0 Å². The van der Waals surface area contributed by atoms with E-state index < -0.39 is 71.5 Å². The molecule has 86 heavy (non-hydrogen) atoms. The molecule has 22 nitrogen and oxygen atoms in total. The number of thiazole rings is 1. The number of ether oxygens (including phenoxy) is 2. The van der Waals surface area contributed by atoms with Gasteiger partial charge in [0, 0.05) is 55.0 Å². The van der Waals surface area contributed by atoms with Gasteiger partial charge in [-0.2, -0.15) is 0 Å². The fourth-order valence-electron chi connectivity index (χ4n) is 10.3. The Hall–Kier alpha value is -6.69. The first-order valence-corrected chi connectivity index (χ1v) is 31.6. The first-order chi connectivity index (χ1) is 40.8. The van der Waals surface area contributed by atoms with Crippen molar-refractivity contribution in [2.24, 2.45) is 34.6 Å². The summed E-state index contributed by atoms with van der Waals surface area (Å²) in [7, 11) is 1.97. The Bertz CT molecular complexity index is 2650. The molecule has 23 heteroatoms. The van der Waals surface area contributed by atoms with E-state index in [1.165, 1.54) is 11.3 Å². The number of likely N-dealkylation sites (N-methyl/N-ethyl adjacent to an activating group) is 1. The fraction of sp³-hybridized carbons (Fsp3) is 0.635. The summed E-state index contributed by atoms with van der Waals surface area (Å²) < 4.78 is 11.9. The summed E-state index contributed by atoms with van der Waals surface area (Å²) in [6.07, 6.45) is 7.32. The number of nitrogens with zero attached hydrogens (tertiary/aromatic N) is 3. The fourth-order valence-corrected chi connectivity index (χ4v) is 11.2. The van der Waals surface area contributed by atoms with E-state index in [1.807, 2.05) is 32.7 Å². The molecule has 1 aliphatic rings. The molecule has 1 fully saturated rings. The number of carboxylic acid groups (broad SMARTS) is 1. The number of amides is 8. The number of aliphatic carboxylic acids is 1. The van der Waals surface area contributed by atoms with E-state index in [-0.39, 0.29) is 79.8 Å². The molecular weight excluding hydrogens is 1120 g/mol. The minimum absolute atomic E-state index is 0.00340. The van der Waals surface area contributed by atoms with Gasteiger partial charge >= 0.3 is 18.1 Å². The summed E-state index contributed by atoms with van der Waals surface area (Å²) in [6, 6.07) is 9.11. The summed E-state index contributed by atoms with van der Waals surface area (Å²) in [5.74, 6) is -2.95. The Labute approximate surface area is 513 Å². The van der Waals surface area contributed by atoms with Crippen LogP contribution in [0.5, 0.6) is 0 Å². The number of nitrogens with two attached hydrogens (primary N) is 2. The summed E-state index contributed by atoms with van der Waals surface area (Å²) in [6.45, 7) is 20.9. The molecular formula is C63H99N11O11S. The number of anilines is 2. The van der Waals surface area contributed by atoms with Crippen molar-refractivity contribution in [3.05, 3.63) is 75.7 Å². The minimum Gasteiger partial charge on any atom is -0.481 e. The van der Waals surface area contributed by atoms with E-state index in [0.29, 0.717) is 54.4 Å². The van der Waals surface area contributed by atoms with Gasteiger partial charge in [0.05, 0.1) is 17.5 Å². The van der Waals surface area contributed by atoms with Crippen molar-refractivity contribution >= 4 is 70.3 Å². The van der Waals surface area contributed by atoms with Crippen LogP contribution in [0.1, 0.15) is 179 Å². The maximum Gasteiger partial charge on any atom is 0.411 e. The standard InChI is InChI=1S/C63H99N11O11S/c1-12-15-16-18-33-74(59(79)53(41(8)13-2)72-56(77)49-22-17-19-32-73(49)11)50(39(4)5)35-51(84-14-3)58-71-48(38-86-58)55(76)68-46(36-63(9,10)60(80)81)34-42-23-27-45(28-24-42)69-62(83)85-37-43-25-29-44(30-26-43)67-54(75)47(21-20-31-66-61(65)82)70-57(78)52(64)40(6)7/h23-30,38-41,46-47,49-53H,12-22,31-37,64H2,1-11H3,(H,67,75)(H,68,76)(H,69,83)(H,70,78)(H,72,77)(H,80,81)(H3,65,66,82)/t41-,46-,47-,49+,50+,51+,52-,53-/m0/s1. The number of benzene rings is 2. The summed E-state index contributed by atoms with van der Waals surface area (Å²) in [5.41, 5.74) is 12.3. The first-order valence-electron chi connectivity index (χ1n) is 30.7. The van der Waals surface area contributed by atoms with Crippen LogP contribution in [0.4, 0.5) is 21.0 Å². The highest BCUT2D eigenvalue weighted by Gasteiger charge is 2.39. The van der Waals surface area contributed by atoms with Crippen molar-refractivity contribution in [2.45, 2.75) is 202 Å². The van der Waals surface area contributed by atoms with Crippen LogP contribution < -0.4 is 43.4 Å². The second-order valence-corrected chi connectivity index (χ2v) is 25.0. The number of carbonyl (C=O) groups is 8. The summed E-state index contributed by atoms with van der Waals surface area (Å²) in [4.78, 5) is 115. The zero-order chi connectivity index (χ0) is 63.7. The third-order valence-corrected chi connectivity index (χ3v) is 16.9. The lowest BCUT2D eigenvalue weighted by molar-refractivity contribution is -0.147. The van der Waals surface area contributed by atoms with Gasteiger partial charge in [0.1, 0.15) is 35.5 Å². The van der Waals surface area contributed by atoms with Crippen LogP contribution in [0.2, 0.25) is 0 Å². The first kappa shape index (κ1) is 71.8. The second-order valence-electron chi connectivity index (χ2n) is 24.1. The van der Waals surface area contributed by atoms with Gasteiger partial charge in [0.25, 0.3) is 5.91 Å². The van der Waals surface area contributed by atoms with E-state index in [1.54, 1.807) is 81.6 Å². The number of carbonyl (C=O) groups excluding carboxylic acids is 7. The quantitative estimate of drug-likeness (QED) is 0.0247. The van der Waals surface area contributed by atoms with Gasteiger partial charge in [0.15, 0.2) is 0 Å². The predicted molar refractivity (Wildman–Crippen MR) is 335 cm³/mol. The van der Waals surface area contributed by atoms with Gasteiger partial charge in [-0.1, -0.05) is 105 Å². The van der Waals surface area contributed by atoms with Crippen molar-refractivity contribution in [2.75, 3.05) is 43.9 Å². The van der Waals surface area contributed by atoms with Gasteiger partial charge < -0.3 is 57.5 Å². The van der Waals surface area contributed by atoms with Gasteiger partial charge in [-0.15, -0.1) is 11.3 Å². The zero-order valence-corrected chi connectivity index (χ0v) is 53.4. The maximum atomic E-state index is 15.0. The summed E-state index contributed by atoms with van der Waals surface area (Å²) >= 11 is 1.29. The van der Waals surface area contributed by atoms with Crippen LogP contribution in [0, 0.1) is 23.2 Å². The Morgan fingerprint density at radius 2 is 1.50 bits per heavy atom. The lowest BCUT2D eigenvalue weighted by atomic mass is 9.84. The van der Waals surface area contributed by atoms with Gasteiger partial charge in [-0.05, 0) is 132 Å². The molecule has 0 saturated carbocycles. The minimum atomic E-state index is -1.21. The zero-order valence-electron chi connectivity index (χ0n) is 52.6. The summed E-state index contributed by atoms with van der Waals surface area (Å²) in [5, 5.41) is 29.4. The smallest absolute Gasteiger partial charge is 0.411 e. The molecule has 2 aromatic carbocycles. The molecule has 11 N–H and O–H groups in total. The molecule has 478 valence electrons. The Morgan fingerprint density at radius 3 is 2.09 bits per heavy atom. The number of urea groups is 1. The molecule has 8 amide bonds. The molecule has 4 rings (SSSR count). The molecule has 0 radical (unpaired) electrons. The van der Waals surface area contributed by atoms with E-state index in [0.717, 1.165) is 57.1 Å². The van der Waals surface area contributed by atoms with Crippen LogP contribution >= 0.6 is 11.3 Å². The molecule has 0 bridgehead atoms. The Kier molecular flexibility index (Phi) is 29.9. The molecule has 1 aliphatic heterocycles. The number of nitrogens with one attached hydrogen (secondary N) is 6. The number of aromatic nitrogens is 1. The van der Waals surface area contributed by atoms with Crippen LogP contribution in [-0.2, 0) is 46.5 Å². The average molecular weight is 1220 g/mol. The molecule has 1 aromatic heterocycles. The molecule has 8 atom stereocenters. The average Bonchev–Trinajstić information content (AvgIpc) is 3.20. The molecule has 0 spiro atoms. The van der Waals surface area contributed by atoms with Crippen molar-refractivity contribution in [1.29, 1.82) is 0 Å². The largest absolute Gasteiger partial charge is 0.481 e. The number of carboxylic acids is 1. The molecule has 2 heterocycles. The highest BCUT2D eigenvalue weighted by Crippen LogP contribution is 2.33. The normalized spacial score (nSPS) is 16.1. The lowest BCUT2D eigenvalue weighted by Crippen LogP contribution is -2.59. The van der Waals surface area contributed by atoms with Crippen molar-refractivity contribution in [3.63, 3.8) is 0 Å². The van der Waals surface area contributed by atoms with Crippen LogP contribution in [0.3, 0.4) is 0 Å².